The monoisotopic (exact) mass is 904 g/mol. The number of methoxy groups -OCH3 is 2. The molecule has 7 aliphatic heterocycles. The van der Waals surface area contributed by atoms with Gasteiger partial charge >= 0.3 is 6.36 Å². The highest BCUT2D eigenvalue weighted by atomic mass is 35.5. The average Bonchev–Trinajstić information content (AvgIpc) is 3.25. The standard InChI is InChI=1S/C16H23ClN2O.C16H20F4N2O.C16H23FN2O/c1-11(2)18-9-13-7-14(10-18)19(13)8-12-4-5-16(20-3)15(17)6-12;1-10(2)21-8-12-6-13(9-21)22(12)7-11-3-4-15(14(17)5-11)23-16(18,19)20;1-11(2)18-9-13-7-14(10-18)19(13)8-12-4-5-16(20-3)15(17)6-12/h4-6,11,13-14H,7-10H2,1-3H3;3-5,10,12-13H,6-9H2,1-2H3;4-6,11,13-14H,7-10H2,1-3H3. The number of piperidine rings is 3. The summed E-state index contributed by atoms with van der Waals surface area (Å²) >= 11 is 6.21. The maximum atomic E-state index is 13.8. The van der Waals surface area contributed by atoms with E-state index in [0.29, 0.717) is 65.2 Å². The molecule has 0 saturated carbocycles. The van der Waals surface area contributed by atoms with Crippen molar-refractivity contribution in [1.82, 2.24) is 29.4 Å². The first-order valence-electron chi connectivity index (χ1n) is 22.6. The van der Waals surface area contributed by atoms with Crippen molar-refractivity contribution in [2.45, 2.75) is 141 Å². The number of nitrogens with zero attached hydrogens (tertiary/aromatic N) is 6. The van der Waals surface area contributed by atoms with Gasteiger partial charge in [0.05, 0.1) is 19.2 Å². The van der Waals surface area contributed by atoms with Gasteiger partial charge in [-0.05, 0) is 114 Å². The highest BCUT2D eigenvalue weighted by molar-refractivity contribution is 6.32. The molecule has 6 bridgehead atoms. The number of hydrogen-bond acceptors (Lipinski definition) is 9. The molecule has 6 atom stereocenters. The second-order valence-electron chi connectivity index (χ2n) is 19.0. The van der Waals surface area contributed by atoms with Gasteiger partial charge in [0.15, 0.2) is 23.1 Å². The second kappa shape index (κ2) is 20.1. The number of hydrogen-bond donors (Lipinski definition) is 0. The molecule has 63 heavy (non-hydrogen) atoms. The van der Waals surface area contributed by atoms with Crippen LogP contribution in [-0.2, 0) is 19.6 Å². The summed E-state index contributed by atoms with van der Waals surface area (Å²) < 4.78 is 77.8. The van der Waals surface area contributed by atoms with Crippen LogP contribution >= 0.6 is 11.6 Å². The Balaban J connectivity index is 0.000000142. The maximum Gasteiger partial charge on any atom is 0.573 e. The first-order chi connectivity index (χ1) is 29.9. The molecule has 3 aromatic carbocycles. The summed E-state index contributed by atoms with van der Waals surface area (Å²) in [6, 6.07) is 20.5. The number of ether oxygens (including phenoxy) is 3. The summed E-state index contributed by atoms with van der Waals surface area (Å²) in [4.78, 5) is 15.0. The molecule has 0 aliphatic carbocycles. The molecule has 6 unspecified atom stereocenters. The molecule has 0 aromatic heterocycles. The predicted molar refractivity (Wildman–Crippen MR) is 237 cm³/mol. The van der Waals surface area contributed by atoms with Crippen LogP contribution in [0, 0.1) is 11.6 Å². The zero-order chi connectivity index (χ0) is 45.3. The van der Waals surface area contributed by atoms with E-state index in [9.17, 15) is 22.0 Å². The van der Waals surface area contributed by atoms with E-state index in [2.05, 4.69) is 81.7 Å². The van der Waals surface area contributed by atoms with E-state index < -0.39 is 17.9 Å². The van der Waals surface area contributed by atoms with Gasteiger partial charge in [0.1, 0.15) is 5.75 Å². The Labute approximate surface area is 376 Å². The van der Waals surface area contributed by atoms with Crippen molar-refractivity contribution in [3.05, 3.63) is 87.9 Å². The molecular formula is C48H66ClF5N6O3. The molecule has 7 aliphatic rings. The number of alkyl halides is 3. The van der Waals surface area contributed by atoms with Crippen LogP contribution in [0.2, 0.25) is 5.02 Å². The topological polar surface area (TPSA) is 47.1 Å². The van der Waals surface area contributed by atoms with E-state index in [4.69, 9.17) is 21.1 Å². The van der Waals surface area contributed by atoms with E-state index in [1.807, 2.05) is 18.2 Å². The fourth-order valence-electron chi connectivity index (χ4n) is 10.3. The SMILES string of the molecule is CC(C)N1CC2CC(C1)N2Cc1ccc(OC(F)(F)F)c(F)c1.COc1ccc(CN2C3CC2CN(C(C)C)C3)cc1Cl.COc1ccc(CN2C3CC2CN(C(C)C)C3)cc1F. The zero-order valence-electron chi connectivity index (χ0n) is 38.1. The lowest BCUT2D eigenvalue weighted by Crippen LogP contribution is -2.68. The van der Waals surface area contributed by atoms with Gasteiger partial charge < -0.3 is 14.2 Å². The van der Waals surface area contributed by atoms with Gasteiger partial charge in [-0.2, -0.15) is 0 Å². The van der Waals surface area contributed by atoms with Crippen molar-refractivity contribution >= 4 is 11.6 Å². The van der Waals surface area contributed by atoms with Gasteiger partial charge in [-0.1, -0.05) is 29.8 Å². The van der Waals surface area contributed by atoms with Gasteiger partial charge in [-0.15, -0.1) is 13.2 Å². The van der Waals surface area contributed by atoms with Crippen LogP contribution in [0.5, 0.6) is 17.2 Å². The Morgan fingerprint density at radius 2 is 0.841 bits per heavy atom. The van der Waals surface area contributed by atoms with Crippen molar-refractivity contribution in [2.24, 2.45) is 0 Å². The Morgan fingerprint density at radius 1 is 0.524 bits per heavy atom. The van der Waals surface area contributed by atoms with Crippen LogP contribution in [0.4, 0.5) is 22.0 Å². The lowest BCUT2D eigenvalue weighted by Gasteiger charge is -2.57. The minimum Gasteiger partial charge on any atom is -0.495 e. The molecule has 7 heterocycles. The number of fused-ring (bicyclic) bond motifs is 6. The quantitative estimate of drug-likeness (QED) is 0.166. The molecule has 0 N–H and O–H groups in total. The largest absolute Gasteiger partial charge is 0.573 e. The third-order valence-corrected chi connectivity index (χ3v) is 14.4. The summed E-state index contributed by atoms with van der Waals surface area (Å²) in [5.74, 6) is -0.946. The molecule has 348 valence electrons. The lowest BCUT2D eigenvalue weighted by molar-refractivity contribution is -0.275. The normalized spacial score (nSPS) is 26.2. The zero-order valence-corrected chi connectivity index (χ0v) is 38.8. The Bertz CT molecular complexity index is 1880. The first kappa shape index (κ1) is 47.7. The van der Waals surface area contributed by atoms with Gasteiger partial charge in [-0.3, -0.25) is 29.4 Å². The number of benzene rings is 3. The van der Waals surface area contributed by atoms with Gasteiger partial charge in [0.25, 0.3) is 0 Å². The van der Waals surface area contributed by atoms with Crippen LogP contribution in [0.1, 0.15) is 77.5 Å². The van der Waals surface area contributed by atoms with Crippen LogP contribution in [0.25, 0.3) is 0 Å². The fraction of sp³-hybridized carbons (Fsp3) is 0.625. The fourth-order valence-corrected chi connectivity index (χ4v) is 10.6. The van der Waals surface area contributed by atoms with E-state index >= 15 is 0 Å². The van der Waals surface area contributed by atoms with E-state index in [1.165, 1.54) is 44.7 Å². The summed E-state index contributed by atoms with van der Waals surface area (Å²) in [5.41, 5.74) is 2.99. The molecule has 0 spiro atoms. The van der Waals surface area contributed by atoms with Crippen molar-refractivity contribution in [3.63, 3.8) is 0 Å². The second-order valence-corrected chi connectivity index (χ2v) is 19.4. The molecule has 0 amide bonds. The minimum atomic E-state index is -4.88. The van der Waals surface area contributed by atoms with Gasteiger partial charge in [0.2, 0.25) is 0 Å². The molecular weight excluding hydrogens is 839 g/mol. The van der Waals surface area contributed by atoms with E-state index in [0.717, 1.165) is 81.2 Å². The summed E-state index contributed by atoms with van der Waals surface area (Å²) in [5, 5.41) is 0.708. The number of likely N-dealkylation sites (tertiary alicyclic amines) is 4. The minimum absolute atomic E-state index is 0.264. The average molecular weight is 906 g/mol. The number of piperazine rings is 3. The smallest absolute Gasteiger partial charge is 0.495 e. The summed E-state index contributed by atoms with van der Waals surface area (Å²) in [6.45, 7) is 22.5. The maximum absolute atomic E-state index is 13.8. The third-order valence-electron chi connectivity index (χ3n) is 14.1. The highest BCUT2D eigenvalue weighted by Crippen LogP contribution is 2.38. The molecule has 0 radical (unpaired) electrons. The molecule has 9 nitrogen and oxygen atoms in total. The van der Waals surface area contributed by atoms with Crippen LogP contribution in [0.3, 0.4) is 0 Å². The van der Waals surface area contributed by atoms with Crippen molar-refractivity contribution < 1.29 is 36.2 Å². The summed E-state index contributed by atoms with van der Waals surface area (Å²) in [6.07, 6.45) is -1.09. The molecule has 7 fully saturated rings. The third kappa shape index (κ3) is 11.4. The Hall–Kier alpha value is -3.24. The van der Waals surface area contributed by atoms with Gasteiger partial charge in [-0.25, -0.2) is 8.78 Å². The summed E-state index contributed by atoms with van der Waals surface area (Å²) in [7, 11) is 3.15. The van der Waals surface area contributed by atoms with Crippen LogP contribution < -0.4 is 14.2 Å². The Morgan fingerprint density at radius 3 is 1.13 bits per heavy atom. The highest BCUT2D eigenvalue weighted by Gasteiger charge is 2.47. The van der Waals surface area contributed by atoms with Crippen molar-refractivity contribution in [2.75, 3.05) is 53.5 Å². The van der Waals surface area contributed by atoms with Gasteiger partial charge in [0, 0.05) is 113 Å². The van der Waals surface area contributed by atoms with Crippen molar-refractivity contribution in [3.8, 4) is 17.2 Å². The predicted octanol–water partition coefficient (Wildman–Crippen LogP) is 8.91. The van der Waals surface area contributed by atoms with Crippen molar-refractivity contribution in [1.29, 1.82) is 0 Å². The molecule has 15 heteroatoms. The van der Waals surface area contributed by atoms with E-state index in [1.54, 1.807) is 19.2 Å². The van der Waals surface area contributed by atoms with E-state index in [-0.39, 0.29) is 5.82 Å². The number of halogens is 6. The Kier molecular flexibility index (Phi) is 15.2. The van der Waals surface area contributed by atoms with Crippen LogP contribution in [-0.4, -0.2) is 144 Å². The first-order valence-corrected chi connectivity index (χ1v) is 23.0. The molecule has 3 aromatic rings. The molecule has 10 rings (SSSR count). The number of rotatable bonds is 12. The molecule has 7 saturated heterocycles. The lowest BCUT2D eigenvalue weighted by atomic mass is 9.86. The van der Waals surface area contributed by atoms with Crippen LogP contribution in [0.15, 0.2) is 54.6 Å².